The quantitative estimate of drug-likeness (QED) is 0.485. The largest absolute Gasteiger partial charge is 0.322 e. The molecule has 16 heavy (non-hydrogen) atoms. The normalized spacial score (nSPS) is 8.38. The minimum Gasteiger partial charge on any atom is -0.322 e. The number of nitrogens with zero attached hydrogens (tertiary/aromatic N) is 1. The van der Waals surface area contributed by atoms with Crippen LogP contribution in [-0.2, 0) is 4.79 Å². The van der Waals surface area contributed by atoms with E-state index in [1.54, 1.807) is 6.07 Å². The molecule has 0 heterocycles. The number of benzene rings is 1. The molecular formula is C11H14N2O3. The van der Waals surface area contributed by atoms with Crippen LogP contribution in [0.5, 0.6) is 0 Å². The van der Waals surface area contributed by atoms with Gasteiger partial charge in [-0.3, -0.25) is 14.9 Å². The first-order chi connectivity index (χ1) is 7.63. The summed E-state index contributed by atoms with van der Waals surface area (Å²) in [6, 6.07) is 5.69. The van der Waals surface area contributed by atoms with E-state index in [1.807, 2.05) is 13.8 Å². The highest BCUT2D eigenvalue weighted by Crippen LogP contribution is 2.16. The lowest BCUT2D eigenvalue weighted by atomic mass is 10.3. The van der Waals surface area contributed by atoms with Gasteiger partial charge in [0.05, 0.1) is 4.92 Å². The molecule has 1 rings (SSSR count). The van der Waals surface area contributed by atoms with E-state index in [4.69, 9.17) is 0 Å². The number of carbonyl (C=O) groups excluding carboxylic acids is 1. The van der Waals surface area contributed by atoms with Gasteiger partial charge in [0.25, 0.3) is 5.69 Å². The highest BCUT2D eigenvalue weighted by molar-refractivity contribution is 5.99. The lowest BCUT2D eigenvalue weighted by Gasteiger charge is -2.00. The summed E-state index contributed by atoms with van der Waals surface area (Å²) in [5, 5.41) is 12.8. The van der Waals surface area contributed by atoms with Crippen LogP contribution in [0.1, 0.15) is 13.8 Å². The van der Waals surface area contributed by atoms with Crippen molar-refractivity contribution < 1.29 is 9.72 Å². The number of anilines is 1. The van der Waals surface area contributed by atoms with Crippen molar-refractivity contribution in [3.8, 4) is 0 Å². The van der Waals surface area contributed by atoms with Gasteiger partial charge in [-0.25, -0.2) is 0 Å². The molecule has 1 aromatic carbocycles. The third-order valence-corrected chi connectivity index (χ3v) is 1.51. The number of nitrogens with one attached hydrogen (secondary N) is 1. The third-order valence-electron chi connectivity index (χ3n) is 1.51. The fraction of sp³-hybridized carbons (Fsp3) is 0.182. The van der Waals surface area contributed by atoms with Gasteiger partial charge in [0.1, 0.15) is 0 Å². The van der Waals surface area contributed by atoms with Crippen LogP contribution in [0.3, 0.4) is 0 Å². The van der Waals surface area contributed by atoms with Crippen molar-refractivity contribution in [2.75, 3.05) is 5.32 Å². The van der Waals surface area contributed by atoms with Crippen LogP contribution in [0.4, 0.5) is 11.4 Å². The van der Waals surface area contributed by atoms with Crippen molar-refractivity contribution in [1.82, 2.24) is 0 Å². The SMILES string of the molecule is C=CC(=O)Nc1cccc([N+](=O)[O-])c1.CC. The van der Waals surface area contributed by atoms with E-state index in [-0.39, 0.29) is 5.69 Å². The molecule has 5 heteroatoms. The summed E-state index contributed by atoms with van der Waals surface area (Å²) < 4.78 is 0. The third kappa shape index (κ3) is 4.36. The molecule has 0 atom stereocenters. The molecule has 86 valence electrons. The summed E-state index contributed by atoms with van der Waals surface area (Å²) in [6.07, 6.45) is 1.10. The molecule has 1 aromatic rings. The van der Waals surface area contributed by atoms with Gasteiger partial charge in [0.15, 0.2) is 0 Å². The summed E-state index contributed by atoms with van der Waals surface area (Å²) in [6.45, 7) is 7.27. The van der Waals surface area contributed by atoms with Crippen molar-refractivity contribution in [2.24, 2.45) is 0 Å². The smallest absolute Gasteiger partial charge is 0.271 e. The van der Waals surface area contributed by atoms with E-state index in [9.17, 15) is 14.9 Å². The molecule has 0 saturated heterocycles. The van der Waals surface area contributed by atoms with Crippen molar-refractivity contribution >= 4 is 17.3 Å². The second-order valence-electron chi connectivity index (χ2n) is 2.50. The topological polar surface area (TPSA) is 72.2 Å². The van der Waals surface area contributed by atoms with Crippen molar-refractivity contribution in [2.45, 2.75) is 13.8 Å². The zero-order valence-electron chi connectivity index (χ0n) is 9.27. The molecule has 0 radical (unpaired) electrons. The number of non-ortho nitro benzene ring substituents is 1. The van der Waals surface area contributed by atoms with E-state index >= 15 is 0 Å². The van der Waals surface area contributed by atoms with Gasteiger partial charge >= 0.3 is 0 Å². The minimum atomic E-state index is -0.524. The summed E-state index contributed by atoms with van der Waals surface area (Å²) in [7, 11) is 0. The first-order valence-corrected chi connectivity index (χ1v) is 4.81. The van der Waals surface area contributed by atoms with Gasteiger partial charge in [-0.05, 0) is 12.1 Å². The van der Waals surface area contributed by atoms with Gasteiger partial charge in [-0.1, -0.05) is 26.5 Å². The predicted octanol–water partition coefficient (Wildman–Crippen LogP) is 2.75. The fourth-order valence-corrected chi connectivity index (χ4v) is 0.891. The second-order valence-corrected chi connectivity index (χ2v) is 2.50. The van der Waals surface area contributed by atoms with Gasteiger partial charge in [0, 0.05) is 17.8 Å². The molecule has 1 N–H and O–H groups in total. The van der Waals surface area contributed by atoms with Crippen LogP contribution in [0.25, 0.3) is 0 Å². The Kier molecular flexibility index (Phi) is 6.19. The van der Waals surface area contributed by atoms with Gasteiger partial charge in [-0.15, -0.1) is 0 Å². The summed E-state index contributed by atoms with van der Waals surface area (Å²) >= 11 is 0. The average Bonchev–Trinajstić information content (AvgIpc) is 2.32. The standard InChI is InChI=1S/C9H8N2O3.C2H6/c1-2-9(12)10-7-4-3-5-8(6-7)11(13)14;1-2/h2-6H,1H2,(H,10,12);1-2H3. The molecule has 5 nitrogen and oxygen atoms in total. The lowest BCUT2D eigenvalue weighted by Crippen LogP contribution is -2.07. The Bertz CT molecular complexity index is 389. The average molecular weight is 222 g/mol. The molecule has 0 aliphatic carbocycles. The zero-order valence-corrected chi connectivity index (χ0v) is 9.27. The lowest BCUT2D eigenvalue weighted by molar-refractivity contribution is -0.384. The van der Waals surface area contributed by atoms with E-state index in [0.29, 0.717) is 5.69 Å². The van der Waals surface area contributed by atoms with E-state index < -0.39 is 10.8 Å². The van der Waals surface area contributed by atoms with Crippen LogP contribution in [0.2, 0.25) is 0 Å². The van der Waals surface area contributed by atoms with E-state index in [2.05, 4.69) is 11.9 Å². The van der Waals surface area contributed by atoms with Crippen LogP contribution in [0.15, 0.2) is 36.9 Å². The van der Waals surface area contributed by atoms with Crippen molar-refractivity contribution in [1.29, 1.82) is 0 Å². The molecule has 0 aromatic heterocycles. The second kappa shape index (κ2) is 7.17. The summed E-state index contributed by atoms with van der Waals surface area (Å²) in [5.74, 6) is -0.398. The number of nitro groups is 1. The Hall–Kier alpha value is -2.17. The van der Waals surface area contributed by atoms with Crippen LogP contribution in [0, 0.1) is 10.1 Å². The Labute approximate surface area is 93.9 Å². The van der Waals surface area contributed by atoms with Gasteiger partial charge in [-0.2, -0.15) is 0 Å². The highest BCUT2D eigenvalue weighted by atomic mass is 16.6. The molecule has 0 aliphatic heterocycles. The maximum Gasteiger partial charge on any atom is 0.271 e. The number of nitro benzene ring substituents is 1. The molecule has 0 spiro atoms. The maximum atomic E-state index is 10.9. The van der Waals surface area contributed by atoms with Crippen molar-refractivity contribution in [3.05, 3.63) is 47.0 Å². The van der Waals surface area contributed by atoms with Gasteiger partial charge < -0.3 is 5.32 Å². The Balaban J connectivity index is 0.00000106. The van der Waals surface area contributed by atoms with Crippen LogP contribution < -0.4 is 5.32 Å². The first kappa shape index (κ1) is 13.8. The molecule has 0 saturated carbocycles. The molecule has 0 fully saturated rings. The van der Waals surface area contributed by atoms with E-state index in [0.717, 1.165) is 6.08 Å². The summed E-state index contributed by atoms with van der Waals surface area (Å²) in [5.41, 5.74) is 0.316. The number of hydrogen-bond donors (Lipinski definition) is 1. The van der Waals surface area contributed by atoms with E-state index in [1.165, 1.54) is 18.2 Å². The number of amides is 1. The summed E-state index contributed by atoms with van der Waals surface area (Å²) in [4.78, 5) is 20.7. The molecular weight excluding hydrogens is 208 g/mol. The Morgan fingerprint density at radius 2 is 2.12 bits per heavy atom. The fourth-order valence-electron chi connectivity index (χ4n) is 0.891. The molecule has 0 unspecified atom stereocenters. The van der Waals surface area contributed by atoms with Crippen LogP contribution >= 0.6 is 0 Å². The van der Waals surface area contributed by atoms with Crippen molar-refractivity contribution in [3.63, 3.8) is 0 Å². The predicted molar refractivity (Wildman–Crippen MR) is 63.3 cm³/mol. The monoisotopic (exact) mass is 222 g/mol. The molecule has 1 amide bonds. The number of rotatable bonds is 3. The zero-order chi connectivity index (χ0) is 12.6. The highest BCUT2D eigenvalue weighted by Gasteiger charge is 2.05. The number of carbonyl (C=O) groups is 1. The molecule has 0 bridgehead atoms. The molecule has 0 aliphatic rings. The van der Waals surface area contributed by atoms with Crippen LogP contribution in [-0.4, -0.2) is 10.8 Å². The Morgan fingerprint density at radius 3 is 2.62 bits per heavy atom. The maximum absolute atomic E-state index is 10.9. The number of hydrogen-bond acceptors (Lipinski definition) is 3. The minimum absolute atomic E-state index is 0.0631. The van der Waals surface area contributed by atoms with Gasteiger partial charge in [0.2, 0.25) is 5.91 Å². The Morgan fingerprint density at radius 1 is 1.50 bits per heavy atom. The first-order valence-electron chi connectivity index (χ1n) is 4.81.